The van der Waals surface area contributed by atoms with E-state index in [1.54, 1.807) is 6.34 Å². The van der Waals surface area contributed by atoms with Gasteiger partial charge in [-0.3, -0.25) is 0 Å². The third-order valence-electron chi connectivity index (χ3n) is 3.38. The van der Waals surface area contributed by atoms with Crippen LogP contribution in [0.1, 0.15) is 31.1 Å². The molecule has 2 unspecified atom stereocenters. The summed E-state index contributed by atoms with van der Waals surface area (Å²) in [7, 11) is 4.10. The fourth-order valence-electron chi connectivity index (χ4n) is 2.56. The van der Waals surface area contributed by atoms with Gasteiger partial charge in [-0.05, 0) is 25.7 Å². The van der Waals surface area contributed by atoms with E-state index in [1.807, 2.05) is 19.9 Å². The smallest absolute Gasteiger partial charge is 0.145 e. The van der Waals surface area contributed by atoms with Crippen LogP contribution in [0.2, 0.25) is 0 Å². The maximum atomic E-state index is 6.09. The molecule has 0 saturated heterocycles. The molecular formula is C15H25N5O. The van der Waals surface area contributed by atoms with E-state index in [4.69, 9.17) is 10.5 Å². The number of hydrazine groups is 1. The minimum absolute atomic E-state index is 0.113. The molecule has 0 bridgehead atoms. The summed E-state index contributed by atoms with van der Waals surface area (Å²) >= 11 is 0. The molecule has 0 aliphatic carbocycles. The fourth-order valence-corrected chi connectivity index (χ4v) is 2.56. The van der Waals surface area contributed by atoms with Gasteiger partial charge in [-0.25, -0.2) is 10.4 Å². The minimum Gasteiger partial charge on any atom is -0.488 e. The zero-order chi connectivity index (χ0) is 15.4. The molecule has 0 saturated carbocycles. The lowest BCUT2D eigenvalue weighted by Gasteiger charge is -2.15. The third kappa shape index (κ3) is 3.46. The molecule has 1 aromatic carbocycles. The maximum Gasteiger partial charge on any atom is 0.145 e. The Morgan fingerprint density at radius 3 is 2.76 bits per heavy atom. The lowest BCUT2D eigenvalue weighted by molar-refractivity contribution is 0.184. The molecule has 21 heavy (non-hydrogen) atoms. The first-order chi connectivity index (χ1) is 10.1. The predicted octanol–water partition coefficient (Wildman–Crippen LogP) is 1.29. The molecule has 6 heteroatoms. The highest BCUT2D eigenvalue weighted by atomic mass is 16.5. The van der Waals surface area contributed by atoms with Crippen LogP contribution in [-0.2, 0) is 6.42 Å². The fraction of sp³-hybridized carbons (Fsp3) is 0.533. The van der Waals surface area contributed by atoms with Gasteiger partial charge in [0.25, 0.3) is 0 Å². The van der Waals surface area contributed by atoms with Crippen molar-refractivity contribution in [2.45, 2.75) is 32.5 Å². The Labute approximate surface area is 126 Å². The number of hydrogen-bond donors (Lipinski definition) is 3. The predicted molar refractivity (Wildman–Crippen MR) is 86.4 cm³/mol. The van der Waals surface area contributed by atoms with Crippen LogP contribution in [0.25, 0.3) is 0 Å². The van der Waals surface area contributed by atoms with Crippen LogP contribution in [-0.4, -0.2) is 38.0 Å². The van der Waals surface area contributed by atoms with Crippen molar-refractivity contribution in [3.05, 3.63) is 23.3 Å². The van der Waals surface area contributed by atoms with Crippen molar-refractivity contribution < 1.29 is 4.74 Å². The van der Waals surface area contributed by atoms with Crippen molar-refractivity contribution in [2.24, 2.45) is 4.99 Å². The van der Waals surface area contributed by atoms with Gasteiger partial charge in [-0.2, -0.15) is 0 Å². The van der Waals surface area contributed by atoms with Gasteiger partial charge in [0, 0.05) is 30.3 Å². The third-order valence-corrected chi connectivity index (χ3v) is 3.38. The Morgan fingerprint density at radius 1 is 1.38 bits per heavy atom. The number of fused-ring (bicyclic) bond motifs is 1. The number of anilines is 1. The number of nitrogen functional groups attached to an aromatic ring is 1. The van der Waals surface area contributed by atoms with E-state index in [0.717, 1.165) is 24.3 Å². The van der Waals surface area contributed by atoms with Crippen LogP contribution < -0.4 is 21.3 Å². The average Bonchev–Trinajstić information content (AvgIpc) is 3.07. The zero-order valence-corrected chi connectivity index (χ0v) is 13.2. The van der Waals surface area contributed by atoms with Crippen LogP contribution in [0.15, 0.2) is 17.1 Å². The van der Waals surface area contributed by atoms with Crippen LogP contribution >= 0.6 is 0 Å². The van der Waals surface area contributed by atoms with Crippen molar-refractivity contribution in [1.29, 1.82) is 0 Å². The van der Waals surface area contributed by atoms with Crippen molar-refractivity contribution in [3.8, 4) is 5.75 Å². The topological polar surface area (TPSA) is 74.9 Å². The number of hydrogen-bond acceptors (Lipinski definition) is 6. The first-order valence-electron chi connectivity index (χ1n) is 7.40. The molecular weight excluding hydrogens is 266 g/mol. The summed E-state index contributed by atoms with van der Waals surface area (Å²) in [5.41, 5.74) is 14.9. The molecule has 2 heterocycles. The van der Waals surface area contributed by atoms with Crippen LogP contribution in [0.4, 0.5) is 5.69 Å². The monoisotopic (exact) mass is 291 g/mol. The molecule has 0 radical (unpaired) electrons. The summed E-state index contributed by atoms with van der Waals surface area (Å²) in [6, 6.07) is 4.01. The molecule has 4 N–H and O–H groups in total. The highest BCUT2D eigenvalue weighted by Crippen LogP contribution is 2.35. The van der Waals surface area contributed by atoms with Crippen LogP contribution in [0, 0.1) is 0 Å². The van der Waals surface area contributed by atoms with Crippen molar-refractivity contribution >= 4 is 12.0 Å². The molecule has 3 rings (SSSR count). The average molecular weight is 291 g/mol. The molecule has 0 aromatic heterocycles. The lowest BCUT2D eigenvalue weighted by Crippen LogP contribution is -2.29. The van der Waals surface area contributed by atoms with Crippen molar-refractivity contribution in [2.75, 3.05) is 26.4 Å². The largest absolute Gasteiger partial charge is 0.488 e. The molecule has 0 amide bonds. The number of rotatable bonds is 3. The van der Waals surface area contributed by atoms with E-state index in [9.17, 15) is 0 Å². The summed E-state index contributed by atoms with van der Waals surface area (Å²) in [5, 5.41) is 0. The van der Waals surface area contributed by atoms with E-state index in [-0.39, 0.29) is 12.3 Å². The first kappa shape index (κ1) is 15.6. The summed E-state index contributed by atoms with van der Waals surface area (Å²) in [6.07, 6.45) is 2.66. The number of nitrogens with one attached hydrogen (secondary N) is 2. The SMILES string of the molecule is CC.CN(C)CC1Cc2cc(C3N=CNN3)c(N)cc2O1. The van der Waals surface area contributed by atoms with Gasteiger partial charge in [0.1, 0.15) is 18.0 Å². The standard InChI is InChI=1S/C13H19N5O.C2H6/c1-18(2)6-9-3-8-4-10(13-15-7-16-17-13)11(14)5-12(8)19-9;1-2/h4-5,7,9,13,17H,3,6,14H2,1-2H3,(H,15,16);1-2H3. The number of aliphatic imine (C=N–C) groups is 1. The van der Waals surface area contributed by atoms with Gasteiger partial charge < -0.3 is 20.8 Å². The molecule has 1 aromatic rings. The number of nitrogens with zero attached hydrogens (tertiary/aromatic N) is 2. The lowest BCUT2D eigenvalue weighted by atomic mass is 10.0. The summed E-state index contributed by atoms with van der Waals surface area (Å²) in [5.74, 6) is 0.906. The maximum absolute atomic E-state index is 6.09. The van der Waals surface area contributed by atoms with Crippen LogP contribution in [0.5, 0.6) is 5.75 Å². The van der Waals surface area contributed by atoms with Crippen molar-refractivity contribution in [3.63, 3.8) is 0 Å². The van der Waals surface area contributed by atoms with Gasteiger partial charge in [0.15, 0.2) is 0 Å². The number of likely N-dealkylation sites (N-methyl/N-ethyl adjacent to an activating group) is 1. The summed E-state index contributed by atoms with van der Waals surface area (Å²) in [4.78, 5) is 6.42. The van der Waals surface area contributed by atoms with Crippen LogP contribution in [0.3, 0.4) is 0 Å². The Balaban J connectivity index is 0.000000774. The molecule has 2 aliphatic heterocycles. The molecule has 6 nitrogen and oxygen atoms in total. The highest BCUT2D eigenvalue weighted by molar-refractivity contribution is 5.61. The molecule has 2 atom stereocenters. The van der Waals surface area contributed by atoms with E-state index in [0.29, 0.717) is 5.69 Å². The number of ether oxygens (including phenoxy) is 1. The first-order valence-corrected chi connectivity index (χ1v) is 7.40. The second-order valence-electron chi connectivity index (χ2n) is 5.26. The molecule has 0 spiro atoms. The summed E-state index contributed by atoms with van der Waals surface area (Å²) in [6.45, 7) is 4.91. The number of nitrogens with two attached hydrogens (primary N) is 1. The van der Waals surface area contributed by atoms with Crippen molar-refractivity contribution in [1.82, 2.24) is 15.8 Å². The zero-order valence-electron chi connectivity index (χ0n) is 13.2. The van der Waals surface area contributed by atoms with Gasteiger partial charge in [0.2, 0.25) is 0 Å². The Morgan fingerprint density at radius 2 is 2.14 bits per heavy atom. The van der Waals surface area contributed by atoms with E-state index in [1.165, 1.54) is 5.56 Å². The van der Waals surface area contributed by atoms with Gasteiger partial charge in [-0.1, -0.05) is 13.8 Å². The number of benzene rings is 1. The second kappa shape index (κ2) is 6.78. The van der Waals surface area contributed by atoms with Gasteiger partial charge >= 0.3 is 0 Å². The Hall–Kier alpha value is -1.79. The van der Waals surface area contributed by atoms with Gasteiger partial charge in [-0.15, -0.1) is 0 Å². The normalized spacial score (nSPS) is 22.3. The Bertz CT molecular complexity index is 515. The van der Waals surface area contributed by atoms with E-state index in [2.05, 4.69) is 40.9 Å². The van der Waals surface area contributed by atoms with E-state index >= 15 is 0 Å². The minimum atomic E-state index is -0.113. The summed E-state index contributed by atoms with van der Waals surface area (Å²) < 4.78 is 5.92. The molecule has 116 valence electrons. The quantitative estimate of drug-likeness (QED) is 0.732. The highest BCUT2D eigenvalue weighted by Gasteiger charge is 2.26. The second-order valence-corrected chi connectivity index (χ2v) is 5.26. The van der Waals surface area contributed by atoms with Gasteiger partial charge in [0.05, 0.1) is 6.34 Å². The van der Waals surface area contributed by atoms with E-state index < -0.39 is 0 Å². The molecule has 0 fully saturated rings. The molecule has 2 aliphatic rings. The Kier molecular flexibility index (Phi) is 5.03.